The first-order chi connectivity index (χ1) is 13.4. The molecule has 1 fully saturated rings. The highest BCUT2D eigenvalue weighted by atomic mass is 35.5. The number of carbonyl (C=O) groups is 1. The van der Waals surface area contributed by atoms with E-state index in [-0.39, 0.29) is 12.0 Å². The predicted molar refractivity (Wildman–Crippen MR) is 119 cm³/mol. The van der Waals surface area contributed by atoms with E-state index >= 15 is 0 Å². The summed E-state index contributed by atoms with van der Waals surface area (Å²) in [4.78, 5) is 18.2. The molecule has 0 N–H and O–H groups in total. The number of fused-ring (bicyclic) bond motifs is 1. The van der Waals surface area contributed by atoms with E-state index in [0.29, 0.717) is 25.0 Å². The molecule has 2 aromatic rings. The molecule has 1 aliphatic heterocycles. The number of nitrogens with zero attached hydrogens (tertiary/aromatic N) is 3. The van der Waals surface area contributed by atoms with E-state index in [1.165, 1.54) is 5.56 Å². The fraction of sp³-hybridized carbons (Fsp3) is 0.619. The maximum absolute atomic E-state index is 12.2. The van der Waals surface area contributed by atoms with Crippen LogP contribution in [0.15, 0.2) is 18.5 Å². The average Bonchev–Trinajstić information content (AvgIpc) is 2.85. The van der Waals surface area contributed by atoms with Crippen molar-refractivity contribution in [3.8, 4) is 0 Å². The molecule has 3 heterocycles. The summed E-state index contributed by atoms with van der Waals surface area (Å²) < 4.78 is 13.5. The molecule has 1 saturated heterocycles. The number of hydrogen-bond donors (Lipinski definition) is 0. The summed E-state index contributed by atoms with van der Waals surface area (Å²) in [5.74, 6) is 0.260. The van der Waals surface area contributed by atoms with Crippen LogP contribution in [0.2, 0.25) is 30.8 Å². The molecular weight excluding hydrogens is 406 g/mol. The van der Waals surface area contributed by atoms with Crippen LogP contribution in [0.4, 0.5) is 4.79 Å². The molecule has 2 aromatic heterocycles. The van der Waals surface area contributed by atoms with Gasteiger partial charge in [0.2, 0.25) is 0 Å². The number of carbonyl (C=O) groups excluding carboxylic acids is 1. The Labute approximate surface area is 179 Å². The Morgan fingerprint density at radius 3 is 2.62 bits per heavy atom. The minimum atomic E-state index is -1.12. The zero-order valence-corrected chi connectivity index (χ0v) is 20.0. The highest BCUT2D eigenvalue weighted by molar-refractivity contribution is 6.76. The Morgan fingerprint density at radius 2 is 2.00 bits per heavy atom. The van der Waals surface area contributed by atoms with Crippen LogP contribution in [0.3, 0.4) is 0 Å². The molecule has 0 radical (unpaired) electrons. The summed E-state index contributed by atoms with van der Waals surface area (Å²) in [7, 11) is -1.12. The Bertz CT molecular complexity index is 880. The van der Waals surface area contributed by atoms with Gasteiger partial charge in [-0.05, 0) is 38.4 Å². The first-order valence-electron chi connectivity index (χ1n) is 10.1. The minimum absolute atomic E-state index is 0.256. The van der Waals surface area contributed by atoms with E-state index < -0.39 is 13.7 Å². The topological polar surface area (TPSA) is 56.6 Å². The highest BCUT2D eigenvalue weighted by Gasteiger charge is 2.36. The molecule has 0 aliphatic carbocycles. The van der Waals surface area contributed by atoms with Crippen molar-refractivity contribution in [2.45, 2.75) is 64.7 Å². The molecule has 1 aliphatic rings. The van der Waals surface area contributed by atoms with Gasteiger partial charge in [-0.3, -0.25) is 0 Å². The molecule has 0 atom stereocenters. The van der Waals surface area contributed by atoms with Crippen molar-refractivity contribution in [1.29, 1.82) is 0 Å². The van der Waals surface area contributed by atoms with Crippen molar-refractivity contribution >= 4 is 36.7 Å². The van der Waals surface area contributed by atoms with Gasteiger partial charge in [0, 0.05) is 51.5 Å². The molecule has 0 unspecified atom stereocenters. The summed E-state index contributed by atoms with van der Waals surface area (Å²) in [6.07, 6.45) is 3.68. The van der Waals surface area contributed by atoms with E-state index in [9.17, 15) is 4.79 Å². The number of likely N-dealkylation sites (tertiary alicyclic amines) is 1. The van der Waals surface area contributed by atoms with Crippen molar-refractivity contribution in [2.75, 3.05) is 19.7 Å². The van der Waals surface area contributed by atoms with Gasteiger partial charge in [0.1, 0.15) is 17.5 Å². The fourth-order valence-corrected chi connectivity index (χ4v) is 4.22. The number of aromatic nitrogens is 2. The molecule has 1 amide bonds. The van der Waals surface area contributed by atoms with E-state index in [4.69, 9.17) is 21.1 Å². The lowest BCUT2D eigenvalue weighted by atomic mass is 9.92. The number of pyridine rings is 1. The van der Waals surface area contributed by atoms with Gasteiger partial charge in [-0.2, -0.15) is 0 Å². The number of amides is 1. The van der Waals surface area contributed by atoms with E-state index in [2.05, 4.69) is 35.4 Å². The van der Waals surface area contributed by atoms with Crippen LogP contribution in [-0.2, 0) is 16.2 Å². The summed E-state index contributed by atoms with van der Waals surface area (Å²) in [6, 6.07) is 3.02. The van der Waals surface area contributed by atoms with Crippen LogP contribution < -0.4 is 0 Å². The standard InChI is InChI=1S/C21H32ClN3O3Si/c1-21(2,3)28-20(26)24-11-15(12-24)17-13-25(14-27-7-8-29(4,5)6)18-9-19(22)23-10-16(17)18/h9-10,13,15H,7-8,11-12,14H2,1-6H3. The largest absolute Gasteiger partial charge is 0.444 e. The van der Waals surface area contributed by atoms with E-state index in [1.54, 1.807) is 4.90 Å². The van der Waals surface area contributed by atoms with Crippen LogP contribution in [-0.4, -0.2) is 53.9 Å². The van der Waals surface area contributed by atoms with Crippen LogP contribution >= 0.6 is 11.6 Å². The Kier molecular flexibility index (Phi) is 6.32. The van der Waals surface area contributed by atoms with Crippen molar-refractivity contribution in [2.24, 2.45) is 0 Å². The highest BCUT2D eigenvalue weighted by Crippen LogP contribution is 2.35. The first kappa shape index (κ1) is 22.1. The zero-order chi connectivity index (χ0) is 21.4. The molecule has 8 heteroatoms. The third kappa shape index (κ3) is 5.74. The second kappa shape index (κ2) is 8.28. The van der Waals surface area contributed by atoms with Gasteiger partial charge in [-0.25, -0.2) is 9.78 Å². The molecule has 0 aromatic carbocycles. The molecule has 6 nitrogen and oxygen atoms in total. The fourth-order valence-electron chi connectivity index (χ4n) is 3.31. The summed E-state index contributed by atoms with van der Waals surface area (Å²) in [5, 5.41) is 1.53. The molecule has 160 valence electrons. The van der Waals surface area contributed by atoms with Gasteiger partial charge in [0.05, 0.1) is 5.52 Å². The molecule has 0 saturated carbocycles. The molecular formula is C21H32ClN3O3Si. The summed E-state index contributed by atoms with van der Waals surface area (Å²) >= 11 is 6.15. The molecule has 0 spiro atoms. The van der Waals surface area contributed by atoms with Gasteiger partial charge in [0.25, 0.3) is 0 Å². The monoisotopic (exact) mass is 437 g/mol. The maximum Gasteiger partial charge on any atom is 0.410 e. The average molecular weight is 438 g/mol. The zero-order valence-electron chi connectivity index (χ0n) is 18.3. The lowest BCUT2D eigenvalue weighted by Crippen LogP contribution is -2.50. The van der Waals surface area contributed by atoms with Gasteiger partial charge in [-0.15, -0.1) is 0 Å². The Balaban J connectivity index is 1.70. The first-order valence-corrected chi connectivity index (χ1v) is 14.2. The van der Waals surface area contributed by atoms with Crippen molar-refractivity contribution in [3.63, 3.8) is 0 Å². The predicted octanol–water partition coefficient (Wildman–Crippen LogP) is 5.34. The van der Waals surface area contributed by atoms with Gasteiger partial charge in [-0.1, -0.05) is 31.2 Å². The van der Waals surface area contributed by atoms with Crippen LogP contribution in [0, 0.1) is 0 Å². The smallest absolute Gasteiger partial charge is 0.410 e. The molecule has 0 bridgehead atoms. The molecule has 29 heavy (non-hydrogen) atoms. The minimum Gasteiger partial charge on any atom is -0.444 e. The quantitative estimate of drug-likeness (QED) is 0.348. The Hall–Kier alpha value is -1.57. The lowest BCUT2D eigenvalue weighted by Gasteiger charge is -2.39. The second-order valence-electron chi connectivity index (χ2n) is 10.0. The summed E-state index contributed by atoms with van der Waals surface area (Å²) in [5.41, 5.74) is 1.72. The lowest BCUT2D eigenvalue weighted by molar-refractivity contribution is 0.00823. The third-order valence-corrected chi connectivity index (χ3v) is 6.87. The summed E-state index contributed by atoms with van der Waals surface area (Å²) in [6.45, 7) is 15.2. The van der Waals surface area contributed by atoms with E-state index in [0.717, 1.165) is 23.6 Å². The third-order valence-electron chi connectivity index (χ3n) is 4.96. The number of halogens is 1. The van der Waals surface area contributed by atoms with Crippen LogP contribution in [0.1, 0.15) is 32.3 Å². The van der Waals surface area contributed by atoms with Crippen molar-refractivity contribution in [1.82, 2.24) is 14.5 Å². The maximum atomic E-state index is 12.2. The normalized spacial score (nSPS) is 15.6. The van der Waals surface area contributed by atoms with Crippen molar-refractivity contribution in [3.05, 3.63) is 29.2 Å². The number of rotatable bonds is 6. The van der Waals surface area contributed by atoms with Crippen molar-refractivity contribution < 1.29 is 14.3 Å². The second-order valence-corrected chi connectivity index (χ2v) is 16.0. The van der Waals surface area contributed by atoms with Gasteiger partial charge >= 0.3 is 6.09 Å². The molecule has 3 rings (SSSR count). The van der Waals surface area contributed by atoms with Gasteiger partial charge < -0.3 is 18.9 Å². The van der Waals surface area contributed by atoms with E-state index in [1.807, 2.05) is 33.0 Å². The number of hydrogen-bond acceptors (Lipinski definition) is 4. The van der Waals surface area contributed by atoms with Crippen LogP contribution in [0.25, 0.3) is 10.9 Å². The van der Waals surface area contributed by atoms with Crippen LogP contribution in [0.5, 0.6) is 0 Å². The van der Waals surface area contributed by atoms with Gasteiger partial charge in [0.15, 0.2) is 0 Å². The number of ether oxygens (including phenoxy) is 2. The SMILES string of the molecule is CC(C)(C)OC(=O)N1CC(c2cn(COCC[Si](C)(C)C)c3cc(Cl)ncc23)C1. The Morgan fingerprint density at radius 1 is 1.31 bits per heavy atom.